The molecule has 2 nitrogen and oxygen atoms in total. The Morgan fingerprint density at radius 3 is 2.57 bits per heavy atom. The number of hydrogen-bond donors (Lipinski definition) is 1. The third-order valence-electron chi connectivity index (χ3n) is 4.17. The van der Waals surface area contributed by atoms with Gasteiger partial charge in [0.05, 0.1) is 6.61 Å². The molecule has 1 aliphatic carbocycles. The van der Waals surface area contributed by atoms with Gasteiger partial charge in [0.25, 0.3) is 0 Å². The van der Waals surface area contributed by atoms with Gasteiger partial charge >= 0.3 is 0 Å². The van der Waals surface area contributed by atoms with Crippen molar-refractivity contribution in [3.63, 3.8) is 0 Å². The molecule has 0 fully saturated rings. The number of anilines is 1. The van der Waals surface area contributed by atoms with Gasteiger partial charge in [-0.2, -0.15) is 0 Å². The minimum atomic E-state index is 0.292. The Bertz CT molecular complexity index is 603. The zero-order valence-electron chi connectivity index (χ0n) is 12.9. The molecule has 2 aromatic carbocycles. The zero-order valence-corrected chi connectivity index (χ0v) is 12.9. The summed E-state index contributed by atoms with van der Waals surface area (Å²) < 4.78 is 5.49. The molecule has 2 heteroatoms. The monoisotopic (exact) mass is 281 g/mol. The summed E-state index contributed by atoms with van der Waals surface area (Å²) in [5.41, 5.74) is 5.53. The van der Waals surface area contributed by atoms with Crippen LogP contribution >= 0.6 is 0 Å². The first-order valence-electron chi connectivity index (χ1n) is 7.87. The van der Waals surface area contributed by atoms with E-state index in [4.69, 9.17) is 4.74 Å². The fourth-order valence-electron chi connectivity index (χ4n) is 3.01. The quantitative estimate of drug-likeness (QED) is 0.854. The van der Waals surface area contributed by atoms with Gasteiger partial charge in [0, 0.05) is 11.7 Å². The standard InChI is InChI=1S/C19H23NO/c1-3-21-19-11-8-15(9-12-19)14(2)20-18-10-7-16-5-4-6-17(16)13-18/h7-14,20H,3-6H2,1-2H3. The number of fused-ring (bicyclic) bond motifs is 1. The van der Waals surface area contributed by atoms with Crippen LogP contribution in [-0.4, -0.2) is 6.61 Å². The summed E-state index contributed by atoms with van der Waals surface area (Å²) in [7, 11) is 0. The highest BCUT2D eigenvalue weighted by atomic mass is 16.5. The largest absolute Gasteiger partial charge is 0.494 e. The molecule has 0 spiro atoms. The molecule has 110 valence electrons. The summed E-state index contributed by atoms with van der Waals surface area (Å²) in [6, 6.07) is 15.4. The van der Waals surface area contributed by atoms with Crippen LogP contribution < -0.4 is 10.1 Å². The lowest BCUT2D eigenvalue weighted by Gasteiger charge is -2.17. The van der Waals surface area contributed by atoms with Gasteiger partial charge < -0.3 is 10.1 Å². The van der Waals surface area contributed by atoms with Crippen molar-refractivity contribution in [1.82, 2.24) is 0 Å². The molecule has 0 bridgehead atoms. The van der Waals surface area contributed by atoms with Gasteiger partial charge in [0.2, 0.25) is 0 Å². The van der Waals surface area contributed by atoms with Crippen LogP contribution in [0.1, 0.15) is 43.0 Å². The van der Waals surface area contributed by atoms with Gasteiger partial charge in [-0.25, -0.2) is 0 Å². The molecule has 0 aromatic heterocycles. The number of rotatable bonds is 5. The molecule has 3 rings (SSSR count). The number of hydrogen-bond acceptors (Lipinski definition) is 2. The van der Waals surface area contributed by atoms with Gasteiger partial charge in [-0.05, 0) is 74.1 Å². The first-order chi connectivity index (χ1) is 10.3. The molecule has 0 amide bonds. The van der Waals surface area contributed by atoms with Gasteiger partial charge in [-0.3, -0.25) is 0 Å². The van der Waals surface area contributed by atoms with Crippen LogP contribution in [0.25, 0.3) is 0 Å². The number of benzene rings is 2. The lowest BCUT2D eigenvalue weighted by molar-refractivity contribution is 0.340. The van der Waals surface area contributed by atoms with Gasteiger partial charge in [0.1, 0.15) is 5.75 Å². The highest BCUT2D eigenvalue weighted by Crippen LogP contribution is 2.27. The van der Waals surface area contributed by atoms with E-state index >= 15 is 0 Å². The molecular formula is C19H23NO. The smallest absolute Gasteiger partial charge is 0.119 e. The van der Waals surface area contributed by atoms with Crippen LogP contribution in [0.4, 0.5) is 5.69 Å². The minimum Gasteiger partial charge on any atom is -0.494 e. The molecular weight excluding hydrogens is 258 g/mol. The van der Waals surface area contributed by atoms with Crippen LogP contribution in [0, 0.1) is 0 Å². The second kappa shape index (κ2) is 6.21. The van der Waals surface area contributed by atoms with Crippen LogP contribution in [0.2, 0.25) is 0 Å². The lowest BCUT2D eigenvalue weighted by Crippen LogP contribution is -2.07. The Labute approximate surface area is 127 Å². The molecule has 1 atom stereocenters. The van der Waals surface area contributed by atoms with Crippen molar-refractivity contribution in [1.29, 1.82) is 0 Å². The van der Waals surface area contributed by atoms with Crippen molar-refractivity contribution in [3.05, 3.63) is 59.2 Å². The SMILES string of the molecule is CCOc1ccc(C(C)Nc2ccc3c(c2)CCC3)cc1. The van der Waals surface area contributed by atoms with Gasteiger partial charge in [0.15, 0.2) is 0 Å². The zero-order chi connectivity index (χ0) is 14.7. The molecule has 0 saturated heterocycles. The predicted molar refractivity (Wildman–Crippen MR) is 88.1 cm³/mol. The molecule has 1 N–H and O–H groups in total. The second-order valence-electron chi connectivity index (χ2n) is 5.71. The lowest BCUT2D eigenvalue weighted by atomic mass is 10.1. The van der Waals surface area contributed by atoms with E-state index in [1.807, 2.05) is 19.1 Å². The third-order valence-corrected chi connectivity index (χ3v) is 4.17. The van der Waals surface area contributed by atoms with E-state index in [1.54, 1.807) is 0 Å². The fraction of sp³-hybridized carbons (Fsp3) is 0.368. The molecule has 0 radical (unpaired) electrons. The summed E-state index contributed by atoms with van der Waals surface area (Å²) in [6.45, 7) is 4.91. The van der Waals surface area contributed by atoms with Crippen molar-refractivity contribution in [2.24, 2.45) is 0 Å². The average molecular weight is 281 g/mol. The maximum atomic E-state index is 5.49. The van der Waals surface area contributed by atoms with E-state index in [1.165, 1.54) is 41.6 Å². The van der Waals surface area contributed by atoms with E-state index in [9.17, 15) is 0 Å². The summed E-state index contributed by atoms with van der Waals surface area (Å²) in [4.78, 5) is 0. The van der Waals surface area contributed by atoms with Gasteiger partial charge in [-0.15, -0.1) is 0 Å². The maximum absolute atomic E-state index is 5.49. The number of aryl methyl sites for hydroxylation is 2. The summed E-state index contributed by atoms with van der Waals surface area (Å²) in [5.74, 6) is 0.936. The van der Waals surface area contributed by atoms with Crippen molar-refractivity contribution < 1.29 is 4.74 Å². The molecule has 1 unspecified atom stereocenters. The molecule has 2 aromatic rings. The number of ether oxygens (including phenoxy) is 1. The van der Waals surface area contributed by atoms with Crippen LogP contribution in [0.5, 0.6) is 5.75 Å². The van der Waals surface area contributed by atoms with Crippen LogP contribution in [0.3, 0.4) is 0 Å². The van der Waals surface area contributed by atoms with Crippen molar-refractivity contribution >= 4 is 5.69 Å². The summed E-state index contributed by atoms with van der Waals surface area (Å²) in [5, 5.41) is 3.60. The van der Waals surface area contributed by atoms with E-state index in [-0.39, 0.29) is 0 Å². The Balaban J connectivity index is 1.69. The summed E-state index contributed by atoms with van der Waals surface area (Å²) >= 11 is 0. The maximum Gasteiger partial charge on any atom is 0.119 e. The topological polar surface area (TPSA) is 21.3 Å². The third kappa shape index (κ3) is 3.21. The Hall–Kier alpha value is -1.96. The highest BCUT2D eigenvalue weighted by Gasteiger charge is 2.12. The van der Waals surface area contributed by atoms with E-state index in [2.05, 4.69) is 42.6 Å². The second-order valence-corrected chi connectivity index (χ2v) is 5.71. The highest BCUT2D eigenvalue weighted by molar-refractivity contribution is 5.51. The molecule has 0 saturated carbocycles. The molecule has 0 aliphatic heterocycles. The fourth-order valence-corrected chi connectivity index (χ4v) is 3.01. The van der Waals surface area contributed by atoms with Gasteiger partial charge in [-0.1, -0.05) is 18.2 Å². The van der Waals surface area contributed by atoms with E-state index < -0.39 is 0 Å². The first-order valence-corrected chi connectivity index (χ1v) is 7.87. The number of nitrogens with one attached hydrogen (secondary N) is 1. The minimum absolute atomic E-state index is 0.292. The van der Waals surface area contributed by atoms with Crippen LogP contribution in [-0.2, 0) is 12.8 Å². The van der Waals surface area contributed by atoms with Crippen molar-refractivity contribution in [2.45, 2.75) is 39.2 Å². The van der Waals surface area contributed by atoms with Crippen molar-refractivity contribution in [3.8, 4) is 5.75 Å². The average Bonchev–Trinajstić information content (AvgIpc) is 2.96. The van der Waals surface area contributed by atoms with E-state index in [0.717, 1.165) is 5.75 Å². The molecule has 21 heavy (non-hydrogen) atoms. The molecule has 0 heterocycles. The Morgan fingerprint density at radius 2 is 1.81 bits per heavy atom. The predicted octanol–water partition coefficient (Wildman–Crippen LogP) is 4.75. The first kappa shape index (κ1) is 14.0. The summed E-state index contributed by atoms with van der Waals surface area (Å²) in [6.07, 6.45) is 3.76. The van der Waals surface area contributed by atoms with Crippen LogP contribution in [0.15, 0.2) is 42.5 Å². The van der Waals surface area contributed by atoms with Crippen molar-refractivity contribution in [2.75, 3.05) is 11.9 Å². The Kier molecular flexibility index (Phi) is 4.14. The van der Waals surface area contributed by atoms with E-state index in [0.29, 0.717) is 12.6 Å². The molecule has 1 aliphatic rings. The normalized spacial score (nSPS) is 14.6. The Morgan fingerprint density at radius 1 is 1.05 bits per heavy atom.